The number of hydrogen-bond acceptors (Lipinski definition) is 4. The van der Waals surface area contributed by atoms with E-state index in [1.54, 1.807) is 19.2 Å². The number of carbonyl (C=O) groups is 2. The predicted octanol–water partition coefficient (Wildman–Crippen LogP) is 0.293. The fourth-order valence-corrected chi connectivity index (χ4v) is 1.54. The number of aryl methyl sites for hydroxylation is 1. The summed E-state index contributed by atoms with van der Waals surface area (Å²) in [6, 6.07) is 4.83. The van der Waals surface area contributed by atoms with Crippen LogP contribution in [0.1, 0.15) is 0 Å². The van der Waals surface area contributed by atoms with Crippen molar-refractivity contribution in [1.29, 1.82) is 0 Å². The molecule has 0 spiro atoms. The van der Waals surface area contributed by atoms with E-state index in [2.05, 4.69) is 0 Å². The Kier molecular flexibility index (Phi) is 2.55. The largest absolute Gasteiger partial charge is 0.419 e. The van der Waals surface area contributed by atoms with Crippen LogP contribution >= 0.6 is 0 Å². The van der Waals surface area contributed by atoms with Gasteiger partial charge in [-0.1, -0.05) is 0 Å². The molecule has 0 aliphatic rings. The number of aromatic nitrogens is 1. The molecule has 1 aromatic carbocycles. The van der Waals surface area contributed by atoms with Crippen LogP contribution < -0.4 is 10.7 Å². The lowest BCUT2D eigenvalue weighted by Gasteiger charge is -2.13. The van der Waals surface area contributed by atoms with Gasteiger partial charge in [0.05, 0.1) is 5.52 Å². The molecular weight excluding hydrogens is 224 g/mol. The van der Waals surface area contributed by atoms with Crippen LogP contribution in [0, 0.1) is 0 Å². The number of carbonyl (C=O) groups excluding carboxylic acids is 2. The predicted molar refractivity (Wildman–Crippen MR) is 60.9 cm³/mol. The molecule has 6 heteroatoms. The summed E-state index contributed by atoms with van der Waals surface area (Å²) in [5, 5.41) is 0. The molecule has 1 aromatic heterocycles. The van der Waals surface area contributed by atoms with E-state index in [0.29, 0.717) is 16.8 Å². The Morgan fingerprint density at radius 3 is 2.82 bits per heavy atom. The zero-order valence-electron chi connectivity index (χ0n) is 9.34. The number of oxazole rings is 1. The highest BCUT2D eigenvalue weighted by molar-refractivity contribution is 6.30. The Bertz CT molecular complexity index is 653. The van der Waals surface area contributed by atoms with E-state index in [0.717, 1.165) is 0 Å². The van der Waals surface area contributed by atoms with E-state index in [1.165, 1.54) is 22.6 Å². The van der Waals surface area contributed by atoms with Gasteiger partial charge in [-0.25, -0.2) is 4.79 Å². The van der Waals surface area contributed by atoms with E-state index in [4.69, 9.17) is 4.42 Å². The lowest BCUT2D eigenvalue weighted by molar-refractivity contribution is -0.129. The molecule has 88 valence electrons. The van der Waals surface area contributed by atoms with E-state index in [-0.39, 0.29) is 6.29 Å². The number of rotatable bonds is 2. The van der Waals surface area contributed by atoms with Crippen LogP contribution in [-0.2, 0) is 16.6 Å². The van der Waals surface area contributed by atoms with Crippen LogP contribution in [0.4, 0.5) is 5.69 Å². The van der Waals surface area contributed by atoms with Gasteiger partial charge in [0.2, 0.25) is 6.29 Å². The normalized spacial score (nSPS) is 10.5. The van der Waals surface area contributed by atoms with Crippen molar-refractivity contribution in [3.8, 4) is 0 Å². The molecule has 2 aromatic rings. The third-order valence-corrected chi connectivity index (χ3v) is 2.59. The van der Waals surface area contributed by atoms with Gasteiger partial charge in [-0.05, 0) is 12.1 Å². The SMILES string of the molecule is CN(C(=O)C=O)c1ccc2c(c1)oc(=O)n2C. The van der Waals surface area contributed by atoms with Crippen molar-refractivity contribution in [2.45, 2.75) is 0 Å². The molecule has 0 radical (unpaired) electrons. The molecule has 1 amide bonds. The maximum atomic E-state index is 11.3. The van der Waals surface area contributed by atoms with Gasteiger partial charge in [0.1, 0.15) is 0 Å². The molecule has 6 nitrogen and oxygen atoms in total. The van der Waals surface area contributed by atoms with E-state index in [9.17, 15) is 14.4 Å². The zero-order chi connectivity index (χ0) is 12.6. The van der Waals surface area contributed by atoms with Crippen molar-refractivity contribution in [3.05, 3.63) is 28.7 Å². The third-order valence-electron chi connectivity index (χ3n) is 2.59. The number of anilines is 1. The van der Waals surface area contributed by atoms with E-state index in [1.807, 2.05) is 0 Å². The van der Waals surface area contributed by atoms with Crippen molar-refractivity contribution >= 4 is 29.0 Å². The highest BCUT2D eigenvalue weighted by Gasteiger charge is 2.12. The zero-order valence-corrected chi connectivity index (χ0v) is 9.34. The topological polar surface area (TPSA) is 72.5 Å². The van der Waals surface area contributed by atoms with Crippen LogP contribution in [0.2, 0.25) is 0 Å². The fourth-order valence-electron chi connectivity index (χ4n) is 1.54. The average molecular weight is 234 g/mol. The summed E-state index contributed by atoms with van der Waals surface area (Å²) in [6.45, 7) is 0. The van der Waals surface area contributed by atoms with E-state index < -0.39 is 11.7 Å². The number of likely N-dealkylation sites (N-methyl/N-ethyl adjacent to an activating group) is 1. The molecule has 0 atom stereocenters. The monoisotopic (exact) mass is 234 g/mol. The van der Waals surface area contributed by atoms with Crippen molar-refractivity contribution < 1.29 is 14.0 Å². The summed E-state index contributed by atoms with van der Waals surface area (Å²) in [7, 11) is 3.06. The first-order valence-electron chi connectivity index (χ1n) is 4.87. The highest BCUT2D eigenvalue weighted by atomic mass is 16.4. The molecule has 0 fully saturated rings. The minimum absolute atomic E-state index is 0.228. The Hall–Kier alpha value is -2.37. The first kappa shape index (κ1) is 11.1. The molecule has 0 bridgehead atoms. The summed E-state index contributed by atoms with van der Waals surface area (Å²) in [6.07, 6.45) is 0.228. The number of aldehydes is 1. The summed E-state index contributed by atoms with van der Waals surface area (Å²) in [5.74, 6) is -1.14. The standard InChI is InChI=1S/C11H10N2O4/c1-12(10(15)6-14)7-3-4-8-9(5-7)17-11(16)13(8)2/h3-6H,1-2H3. The van der Waals surface area contributed by atoms with Gasteiger partial charge in [0, 0.05) is 25.8 Å². The Labute approximate surface area is 96.0 Å². The second kappa shape index (κ2) is 3.89. The van der Waals surface area contributed by atoms with Crippen LogP contribution in [0.25, 0.3) is 11.1 Å². The summed E-state index contributed by atoms with van der Waals surface area (Å²) < 4.78 is 6.35. The minimum atomic E-state index is -0.664. The van der Waals surface area contributed by atoms with Gasteiger partial charge in [-0.15, -0.1) is 0 Å². The minimum Gasteiger partial charge on any atom is -0.408 e. The molecule has 0 unspecified atom stereocenters. The maximum Gasteiger partial charge on any atom is 0.419 e. The lowest BCUT2D eigenvalue weighted by atomic mass is 10.2. The number of amides is 1. The fraction of sp³-hybridized carbons (Fsp3) is 0.182. The molecule has 0 aliphatic heterocycles. The van der Waals surface area contributed by atoms with Crippen molar-refractivity contribution in [2.24, 2.45) is 7.05 Å². The van der Waals surface area contributed by atoms with E-state index >= 15 is 0 Å². The first-order valence-corrected chi connectivity index (χ1v) is 4.87. The van der Waals surface area contributed by atoms with Crippen LogP contribution in [-0.4, -0.2) is 23.8 Å². The molecular formula is C11H10N2O4. The molecule has 1 heterocycles. The molecule has 0 saturated carbocycles. The Morgan fingerprint density at radius 1 is 1.47 bits per heavy atom. The van der Waals surface area contributed by atoms with Crippen LogP contribution in [0.5, 0.6) is 0 Å². The quantitative estimate of drug-likeness (QED) is 0.553. The lowest BCUT2D eigenvalue weighted by Crippen LogP contribution is -2.26. The summed E-state index contributed by atoms with van der Waals surface area (Å²) in [4.78, 5) is 34.0. The maximum absolute atomic E-state index is 11.3. The van der Waals surface area contributed by atoms with Gasteiger partial charge < -0.3 is 9.32 Å². The number of nitrogens with zero attached hydrogens (tertiary/aromatic N) is 2. The molecule has 17 heavy (non-hydrogen) atoms. The Balaban J connectivity index is 2.55. The van der Waals surface area contributed by atoms with Crippen molar-refractivity contribution in [2.75, 3.05) is 11.9 Å². The summed E-state index contributed by atoms with van der Waals surface area (Å²) in [5.41, 5.74) is 1.50. The second-order valence-corrected chi connectivity index (χ2v) is 3.59. The van der Waals surface area contributed by atoms with Gasteiger partial charge in [0.25, 0.3) is 5.91 Å². The van der Waals surface area contributed by atoms with Gasteiger partial charge >= 0.3 is 5.76 Å². The van der Waals surface area contributed by atoms with Gasteiger partial charge in [-0.3, -0.25) is 14.2 Å². The number of fused-ring (bicyclic) bond motifs is 1. The van der Waals surface area contributed by atoms with Crippen molar-refractivity contribution in [3.63, 3.8) is 0 Å². The molecule has 0 N–H and O–H groups in total. The van der Waals surface area contributed by atoms with Gasteiger partial charge in [-0.2, -0.15) is 0 Å². The second-order valence-electron chi connectivity index (χ2n) is 3.59. The number of benzene rings is 1. The van der Waals surface area contributed by atoms with Crippen molar-refractivity contribution in [1.82, 2.24) is 4.57 Å². The molecule has 2 rings (SSSR count). The summed E-state index contributed by atoms with van der Waals surface area (Å²) >= 11 is 0. The Morgan fingerprint density at radius 2 is 2.18 bits per heavy atom. The van der Waals surface area contributed by atoms with Gasteiger partial charge in [0.15, 0.2) is 5.58 Å². The molecule has 0 saturated heterocycles. The number of hydrogen-bond donors (Lipinski definition) is 0. The van der Waals surface area contributed by atoms with Crippen LogP contribution in [0.3, 0.4) is 0 Å². The smallest absolute Gasteiger partial charge is 0.408 e. The van der Waals surface area contributed by atoms with Crippen LogP contribution in [0.15, 0.2) is 27.4 Å². The third kappa shape index (κ3) is 1.73. The first-order chi connectivity index (χ1) is 8.04. The molecule has 0 aliphatic carbocycles. The highest BCUT2D eigenvalue weighted by Crippen LogP contribution is 2.20. The average Bonchev–Trinajstić information content (AvgIpc) is 2.62.